The van der Waals surface area contributed by atoms with Crippen molar-refractivity contribution in [3.63, 3.8) is 0 Å². The molecule has 2 aromatic heterocycles. The van der Waals surface area contributed by atoms with E-state index in [0.717, 1.165) is 22.0 Å². The fourth-order valence-corrected chi connectivity index (χ4v) is 3.59. The fraction of sp³-hybridized carbons (Fsp3) is 0.500. The van der Waals surface area contributed by atoms with Crippen molar-refractivity contribution in [2.24, 2.45) is 5.92 Å². The lowest BCUT2D eigenvalue weighted by molar-refractivity contribution is -0.125. The van der Waals surface area contributed by atoms with Crippen LogP contribution in [0.5, 0.6) is 0 Å². The summed E-state index contributed by atoms with van der Waals surface area (Å²) in [4.78, 5) is 30.6. The highest BCUT2D eigenvalue weighted by atomic mass is 32.1. The van der Waals surface area contributed by atoms with Crippen molar-refractivity contribution in [2.75, 3.05) is 6.54 Å². The van der Waals surface area contributed by atoms with Crippen LogP contribution in [0.3, 0.4) is 0 Å². The second-order valence-corrected chi connectivity index (χ2v) is 6.69. The van der Waals surface area contributed by atoms with E-state index in [9.17, 15) is 9.59 Å². The van der Waals surface area contributed by atoms with Crippen LogP contribution < -0.4 is 10.6 Å². The molecule has 2 N–H and O–H groups in total. The van der Waals surface area contributed by atoms with Crippen LogP contribution in [-0.2, 0) is 4.79 Å². The van der Waals surface area contributed by atoms with E-state index in [1.807, 2.05) is 25.2 Å². The predicted octanol–water partition coefficient (Wildman–Crippen LogP) is 1.27. The minimum Gasteiger partial charge on any atom is -0.354 e. The Morgan fingerprint density at radius 2 is 2.29 bits per heavy atom. The van der Waals surface area contributed by atoms with Gasteiger partial charge in [0.05, 0.1) is 6.20 Å². The summed E-state index contributed by atoms with van der Waals surface area (Å²) in [5.41, 5.74) is 1.50. The molecule has 0 spiro atoms. The summed E-state index contributed by atoms with van der Waals surface area (Å²) in [5, 5.41) is 5.63. The van der Waals surface area contributed by atoms with Crippen LogP contribution >= 0.6 is 11.3 Å². The number of fused-ring (bicyclic) bond motifs is 1. The normalized spacial score (nSPS) is 22.3. The lowest BCUT2D eigenvalue weighted by Gasteiger charge is -2.28. The first-order valence-corrected chi connectivity index (χ1v) is 7.82. The summed E-state index contributed by atoms with van der Waals surface area (Å²) in [7, 11) is 0. The molecule has 3 rings (SSSR count). The zero-order valence-corrected chi connectivity index (χ0v) is 13.1. The Morgan fingerprint density at radius 1 is 1.52 bits per heavy atom. The molecule has 0 bridgehead atoms. The molecule has 21 heavy (non-hydrogen) atoms. The molecule has 6 nitrogen and oxygen atoms in total. The van der Waals surface area contributed by atoms with Crippen molar-refractivity contribution >= 4 is 28.1 Å². The van der Waals surface area contributed by atoms with Gasteiger partial charge in [-0.2, -0.15) is 0 Å². The number of carbonyl (C=O) groups is 2. The Kier molecular flexibility index (Phi) is 3.44. The Bertz CT molecular complexity index is 718. The molecule has 112 valence electrons. The third kappa shape index (κ3) is 2.31. The van der Waals surface area contributed by atoms with Crippen LogP contribution in [0.15, 0.2) is 6.20 Å². The molecule has 3 heterocycles. The highest BCUT2D eigenvalue weighted by Gasteiger charge is 2.31. The molecular formula is C14H18N4O2S. The average Bonchev–Trinajstić information content (AvgIpc) is 2.96. The monoisotopic (exact) mass is 306 g/mol. The average molecular weight is 306 g/mol. The minimum atomic E-state index is -0.475. The predicted molar refractivity (Wildman–Crippen MR) is 80.6 cm³/mol. The highest BCUT2D eigenvalue weighted by molar-refractivity contribution is 7.17. The maximum atomic E-state index is 12.5. The number of rotatable bonds is 2. The van der Waals surface area contributed by atoms with Gasteiger partial charge in [0, 0.05) is 17.1 Å². The molecule has 0 saturated carbocycles. The summed E-state index contributed by atoms with van der Waals surface area (Å²) in [6.07, 6.45) is 2.44. The smallest absolute Gasteiger partial charge is 0.270 e. The standard InChI is InChI=1S/C14H18N4O2S/c1-7-4-5-15-13(20)11(7)17-12(19)10-6-16-14-18(10)8(2)9(3)21-14/h6-7,11H,4-5H2,1-3H3,(H,15,20)(H,17,19). The Hall–Kier alpha value is -1.89. The van der Waals surface area contributed by atoms with E-state index in [2.05, 4.69) is 15.6 Å². The van der Waals surface area contributed by atoms with Crippen molar-refractivity contribution in [2.45, 2.75) is 33.2 Å². The largest absolute Gasteiger partial charge is 0.354 e. The van der Waals surface area contributed by atoms with Gasteiger partial charge in [-0.05, 0) is 26.2 Å². The van der Waals surface area contributed by atoms with Crippen LogP contribution in [0.2, 0.25) is 0 Å². The molecule has 2 atom stereocenters. The summed E-state index contributed by atoms with van der Waals surface area (Å²) in [6.45, 7) is 6.63. The number of hydrogen-bond acceptors (Lipinski definition) is 4. The third-order valence-corrected chi connectivity index (χ3v) is 5.16. The molecule has 1 aliphatic heterocycles. The van der Waals surface area contributed by atoms with Crippen molar-refractivity contribution in [3.8, 4) is 0 Å². The van der Waals surface area contributed by atoms with Gasteiger partial charge in [-0.3, -0.25) is 14.0 Å². The van der Waals surface area contributed by atoms with E-state index in [0.29, 0.717) is 12.2 Å². The van der Waals surface area contributed by atoms with Crippen LogP contribution in [0.25, 0.3) is 4.96 Å². The van der Waals surface area contributed by atoms with E-state index in [4.69, 9.17) is 0 Å². The number of imidazole rings is 1. The van der Waals surface area contributed by atoms with Crippen molar-refractivity contribution in [3.05, 3.63) is 22.5 Å². The van der Waals surface area contributed by atoms with Crippen LogP contribution in [-0.4, -0.2) is 33.8 Å². The zero-order valence-electron chi connectivity index (χ0n) is 12.3. The van der Waals surface area contributed by atoms with Gasteiger partial charge in [0.15, 0.2) is 4.96 Å². The van der Waals surface area contributed by atoms with E-state index in [-0.39, 0.29) is 17.7 Å². The summed E-state index contributed by atoms with van der Waals surface area (Å²) in [5.74, 6) is -0.227. The highest BCUT2D eigenvalue weighted by Crippen LogP contribution is 2.23. The maximum Gasteiger partial charge on any atom is 0.270 e. The van der Waals surface area contributed by atoms with Crippen molar-refractivity contribution in [1.82, 2.24) is 20.0 Å². The Labute approximate surface area is 126 Å². The molecule has 2 unspecified atom stereocenters. The summed E-state index contributed by atoms with van der Waals surface area (Å²) >= 11 is 1.56. The number of thiazole rings is 1. The number of nitrogens with one attached hydrogen (secondary N) is 2. The van der Waals surface area contributed by atoms with Crippen LogP contribution in [0, 0.1) is 19.8 Å². The molecule has 7 heteroatoms. The van der Waals surface area contributed by atoms with E-state index in [1.165, 1.54) is 0 Å². The van der Waals surface area contributed by atoms with Gasteiger partial charge in [-0.25, -0.2) is 4.98 Å². The fourth-order valence-electron chi connectivity index (χ4n) is 2.64. The topological polar surface area (TPSA) is 75.5 Å². The van der Waals surface area contributed by atoms with Crippen LogP contribution in [0.4, 0.5) is 0 Å². The molecule has 0 aliphatic carbocycles. The number of piperidine rings is 1. The Balaban J connectivity index is 1.88. The van der Waals surface area contributed by atoms with Crippen LogP contribution in [0.1, 0.15) is 34.4 Å². The maximum absolute atomic E-state index is 12.5. The van der Waals surface area contributed by atoms with Gasteiger partial charge in [-0.15, -0.1) is 11.3 Å². The van der Waals surface area contributed by atoms with Crippen molar-refractivity contribution in [1.29, 1.82) is 0 Å². The lowest BCUT2D eigenvalue weighted by Crippen LogP contribution is -2.54. The first-order valence-electron chi connectivity index (χ1n) is 7.01. The van der Waals surface area contributed by atoms with Gasteiger partial charge in [0.1, 0.15) is 11.7 Å². The molecule has 2 amide bonds. The summed E-state index contributed by atoms with van der Waals surface area (Å²) in [6, 6.07) is -0.475. The lowest BCUT2D eigenvalue weighted by atomic mass is 9.94. The first kappa shape index (κ1) is 14.1. The van der Waals surface area contributed by atoms with Gasteiger partial charge >= 0.3 is 0 Å². The number of hydrogen-bond donors (Lipinski definition) is 2. The number of carbonyl (C=O) groups excluding carboxylic acids is 2. The van der Waals surface area contributed by atoms with E-state index >= 15 is 0 Å². The second kappa shape index (κ2) is 5.14. The number of amides is 2. The number of aromatic nitrogens is 2. The zero-order chi connectivity index (χ0) is 15.1. The Morgan fingerprint density at radius 3 is 3.00 bits per heavy atom. The molecule has 0 aromatic carbocycles. The second-order valence-electron chi connectivity index (χ2n) is 5.51. The quantitative estimate of drug-likeness (QED) is 0.877. The van der Waals surface area contributed by atoms with E-state index in [1.54, 1.807) is 17.5 Å². The van der Waals surface area contributed by atoms with E-state index < -0.39 is 6.04 Å². The molecule has 1 aliphatic rings. The minimum absolute atomic E-state index is 0.110. The van der Waals surface area contributed by atoms with Gasteiger partial charge in [-0.1, -0.05) is 6.92 Å². The molecule has 1 fully saturated rings. The van der Waals surface area contributed by atoms with Gasteiger partial charge in [0.2, 0.25) is 5.91 Å². The molecule has 0 radical (unpaired) electrons. The number of aryl methyl sites for hydroxylation is 2. The van der Waals surface area contributed by atoms with Gasteiger partial charge in [0.25, 0.3) is 5.91 Å². The van der Waals surface area contributed by atoms with Crippen molar-refractivity contribution < 1.29 is 9.59 Å². The number of nitrogens with zero attached hydrogens (tertiary/aromatic N) is 2. The van der Waals surface area contributed by atoms with Gasteiger partial charge < -0.3 is 10.6 Å². The third-order valence-electron chi connectivity index (χ3n) is 4.09. The summed E-state index contributed by atoms with van der Waals surface area (Å²) < 4.78 is 1.85. The SMILES string of the molecule is Cc1sc2ncc(C(=O)NC3C(=O)NCCC3C)n2c1C. The molecule has 2 aromatic rings. The first-order chi connectivity index (χ1) is 9.99. The molecular weight excluding hydrogens is 288 g/mol. The molecule has 1 saturated heterocycles.